The summed E-state index contributed by atoms with van der Waals surface area (Å²) in [7, 11) is 0. The van der Waals surface area contributed by atoms with Crippen molar-refractivity contribution in [2.75, 3.05) is 0 Å². The van der Waals surface area contributed by atoms with E-state index < -0.39 is 0 Å². The van der Waals surface area contributed by atoms with Crippen LogP contribution in [0.15, 0.2) is 30.5 Å². The minimum atomic E-state index is -0.324. The molecule has 0 fully saturated rings. The summed E-state index contributed by atoms with van der Waals surface area (Å²) in [6, 6.07) is 7.50. The van der Waals surface area contributed by atoms with Gasteiger partial charge in [0.05, 0.1) is 11.1 Å². The Labute approximate surface area is 121 Å². The third-order valence-electron chi connectivity index (χ3n) is 4.35. The number of fused-ring (bicyclic) bond motifs is 2. The summed E-state index contributed by atoms with van der Waals surface area (Å²) in [5.74, 6) is -0.646. The summed E-state index contributed by atoms with van der Waals surface area (Å²) >= 11 is 0. The molecule has 5 nitrogen and oxygen atoms in total. The highest BCUT2D eigenvalue weighted by Crippen LogP contribution is 2.31. The number of nitrogens with two attached hydrogens (primary N) is 1. The molecule has 0 spiro atoms. The predicted octanol–water partition coefficient (Wildman–Crippen LogP) is 1.70. The van der Waals surface area contributed by atoms with E-state index in [2.05, 4.69) is 16.0 Å². The number of nitrogens with one attached hydrogen (secondary N) is 1. The largest absolute Gasteiger partial charge is 0.324 e. The Hall–Kier alpha value is -2.40. The monoisotopic (exact) mass is 281 g/mol. The number of nitrogens with zero attached hydrogens (tertiary/aromatic N) is 1. The third kappa shape index (κ3) is 1.74. The van der Waals surface area contributed by atoms with Gasteiger partial charge in [0.2, 0.25) is 0 Å². The number of carbonyl (C=O) groups excluding carboxylic acids is 2. The standard InChI is InChI=1S/C16H15N3O2/c17-13-2-1-3-14-11(13)6-7-19(14)9-4-5-10-12(8-9)16(21)18-15(10)20/h4-8,13H,1-3,17H2,(H,18,20,21). The van der Waals surface area contributed by atoms with E-state index >= 15 is 0 Å². The summed E-state index contributed by atoms with van der Waals surface area (Å²) < 4.78 is 2.07. The van der Waals surface area contributed by atoms with Crippen LogP contribution in [0, 0.1) is 0 Å². The van der Waals surface area contributed by atoms with Crippen molar-refractivity contribution in [3.8, 4) is 5.69 Å². The molecule has 2 aliphatic rings. The topological polar surface area (TPSA) is 77.1 Å². The fourth-order valence-corrected chi connectivity index (χ4v) is 3.28. The van der Waals surface area contributed by atoms with E-state index in [1.165, 1.54) is 11.3 Å². The molecule has 2 aromatic rings. The smallest absolute Gasteiger partial charge is 0.259 e. The molecule has 0 bridgehead atoms. The van der Waals surface area contributed by atoms with Crippen LogP contribution in [0.25, 0.3) is 5.69 Å². The van der Waals surface area contributed by atoms with Crippen molar-refractivity contribution >= 4 is 11.8 Å². The number of benzene rings is 1. The lowest BCUT2D eigenvalue weighted by Gasteiger charge is -2.21. The summed E-state index contributed by atoms with van der Waals surface area (Å²) in [4.78, 5) is 23.4. The second kappa shape index (κ2) is 4.30. The van der Waals surface area contributed by atoms with Gasteiger partial charge in [0.15, 0.2) is 0 Å². The molecule has 1 aromatic heterocycles. The molecule has 3 N–H and O–H groups in total. The summed E-state index contributed by atoms with van der Waals surface area (Å²) in [5, 5.41) is 2.32. The van der Waals surface area contributed by atoms with Crippen molar-refractivity contribution in [1.29, 1.82) is 0 Å². The van der Waals surface area contributed by atoms with Crippen LogP contribution in [-0.2, 0) is 6.42 Å². The third-order valence-corrected chi connectivity index (χ3v) is 4.35. The molecular formula is C16H15N3O2. The molecule has 4 rings (SSSR count). The highest BCUT2D eigenvalue weighted by molar-refractivity contribution is 6.21. The van der Waals surface area contributed by atoms with Gasteiger partial charge in [-0.25, -0.2) is 0 Å². The number of carbonyl (C=O) groups is 2. The molecule has 0 radical (unpaired) electrons. The van der Waals surface area contributed by atoms with Gasteiger partial charge in [-0.2, -0.15) is 0 Å². The Balaban J connectivity index is 1.84. The molecule has 0 saturated heterocycles. The molecule has 5 heteroatoms. The lowest BCUT2D eigenvalue weighted by atomic mass is 9.93. The highest BCUT2D eigenvalue weighted by Gasteiger charge is 2.27. The zero-order valence-corrected chi connectivity index (χ0v) is 11.4. The van der Waals surface area contributed by atoms with E-state index in [-0.39, 0.29) is 17.9 Å². The molecule has 21 heavy (non-hydrogen) atoms. The molecule has 0 saturated carbocycles. The van der Waals surface area contributed by atoms with Crippen molar-refractivity contribution in [1.82, 2.24) is 9.88 Å². The second-order valence-corrected chi connectivity index (χ2v) is 5.60. The molecule has 1 aliphatic carbocycles. The Bertz CT molecular complexity index is 776. The zero-order chi connectivity index (χ0) is 14.6. The van der Waals surface area contributed by atoms with Gasteiger partial charge in [0.25, 0.3) is 11.8 Å². The minimum absolute atomic E-state index is 0.0919. The average Bonchev–Trinajstić information content (AvgIpc) is 3.02. The fraction of sp³-hybridized carbons (Fsp3) is 0.250. The van der Waals surface area contributed by atoms with Gasteiger partial charge in [-0.1, -0.05) is 0 Å². The maximum Gasteiger partial charge on any atom is 0.259 e. The average molecular weight is 281 g/mol. The minimum Gasteiger partial charge on any atom is -0.324 e. The first-order valence-electron chi connectivity index (χ1n) is 7.11. The summed E-state index contributed by atoms with van der Waals surface area (Å²) in [5.41, 5.74) is 10.3. The number of hydrogen-bond acceptors (Lipinski definition) is 3. The van der Waals surface area contributed by atoms with Gasteiger partial charge in [0, 0.05) is 23.6 Å². The molecule has 1 atom stereocenters. The Morgan fingerprint density at radius 2 is 1.95 bits per heavy atom. The molecule has 2 heterocycles. The Morgan fingerprint density at radius 1 is 1.14 bits per heavy atom. The van der Waals surface area contributed by atoms with Gasteiger partial charge in [-0.15, -0.1) is 0 Å². The lowest BCUT2D eigenvalue weighted by molar-refractivity contribution is 0.0879. The van der Waals surface area contributed by atoms with Crippen LogP contribution in [0.3, 0.4) is 0 Å². The number of aromatic nitrogens is 1. The molecular weight excluding hydrogens is 266 g/mol. The van der Waals surface area contributed by atoms with Crippen LogP contribution in [0.4, 0.5) is 0 Å². The SMILES string of the molecule is NC1CCCc2c1ccn2-c1ccc2c(c1)C(=O)NC2=O. The Morgan fingerprint density at radius 3 is 2.81 bits per heavy atom. The first-order chi connectivity index (χ1) is 10.1. The molecule has 1 aliphatic heterocycles. The summed E-state index contributed by atoms with van der Waals surface area (Å²) in [6.45, 7) is 0. The fourth-order valence-electron chi connectivity index (χ4n) is 3.28. The van der Waals surface area contributed by atoms with E-state index in [0.29, 0.717) is 11.1 Å². The van der Waals surface area contributed by atoms with E-state index in [1.807, 2.05) is 12.3 Å². The maximum absolute atomic E-state index is 11.8. The van der Waals surface area contributed by atoms with Crippen LogP contribution < -0.4 is 11.1 Å². The van der Waals surface area contributed by atoms with E-state index in [4.69, 9.17) is 5.73 Å². The highest BCUT2D eigenvalue weighted by atomic mass is 16.2. The van der Waals surface area contributed by atoms with Crippen LogP contribution in [-0.4, -0.2) is 16.4 Å². The number of imide groups is 1. The van der Waals surface area contributed by atoms with Crippen molar-refractivity contribution in [3.05, 3.63) is 52.8 Å². The van der Waals surface area contributed by atoms with Crippen molar-refractivity contribution < 1.29 is 9.59 Å². The summed E-state index contributed by atoms with van der Waals surface area (Å²) in [6.07, 6.45) is 5.06. The lowest BCUT2D eigenvalue weighted by Crippen LogP contribution is -2.19. The van der Waals surface area contributed by atoms with Crippen LogP contribution in [0.1, 0.15) is 50.9 Å². The quantitative estimate of drug-likeness (QED) is 0.781. The van der Waals surface area contributed by atoms with Crippen LogP contribution in [0.5, 0.6) is 0 Å². The molecule has 1 aromatic carbocycles. The van der Waals surface area contributed by atoms with Crippen molar-refractivity contribution in [2.24, 2.45) is 5.73 Å². The van der Waals surface area contributed by atoms with Gasteiger partial charge in [-0.3, -0.25) is 14.9 Å². The van der Waals surface area contributed by atoms with Crippen molar-refractivity contribution in [2.45, 2.75) is 25.3 Å². The maximum atomic E-state index is 11.8. The van der Waals surface area contributed by atoms with Crippen molar-refractivity contribution in [3.63, 3.8) is 0 Å². The van der Waals surface area contributed by atoms with Gasteiger partial charge >= 0.3 is 0 Å². The van der Waals surface area contributed by atoms with Gasteiger partial charge in [0.1, 0.15) is 0 Å². The van der Waals surface area contributed by atoms with Gasteiger partial charge in [-0.05, 0) is 49.1 Å². The first-order valence-corrected chi connectivity index (χ1v) is 7.11. The zero-order valence-electron chi connectivity index (χ0n) is 11.4. The van der Waals surface area contributed by atoms with Crippen LogP contribution in [0.2, 0.25) is 0 Å². The van der Waals surface area contributed by atoms with E-state index in [9.17, 15) is 9.59 Å². The molecule has 106 valence electrons. The normalized spacial score (nSPS) is 20.1. The predicted molar refractivity (Wildman–Crippen MR) is 77.4 cm³/mol. The number of amides is 2. The molecule has 2 amide bonds. The van der Waals surface area contributed by atoms with Gasteiger partial charge < -0.3 is 10.3 Å². The number of rotatable bonds is 1. The molecule has 1 unspecified atom stereocenters. The number of hydrogen-bond donors (Lipinski definition) is 2. The van der Waals surface area contributed by atoms with Crippen LogP contribution >= 0.6 is 0 Å². The van der Waals surface area contributed by atoms with E-state index in [1.54, 1.807) is 12.1 Å². The van der Waals surface area contributed by atoms with E-state index in [0.717, 1.165) is 24.9 Å². The second-order valence-electron chi connectivity index (χ2n) is 5.60. The first kappa shape index (κ1) is 12.3. The Kier molecular flexibility index (Phi) is 2.53.